The summed E-state index contributed by atoms with van der Waals surface area (Å²) < 4.78 is 45.3. The van der Waals surface area contributed by atoms with Crippen LogP contribution in [0.1, 0.15) is 25.3 Å². The molecule has 122 valence electrons. The lowest BCUT2D eigenvalue weighted by molar-refractivity contribution is -0.149. The van der Waals surface area contributed by atoms with Crippen molar-refractivity contribution in [3.8, 4) is 0 Å². The van der Waals surface area contributed by atoms with Crippen LogP contribution in [0.5, 0.6) is 0 Å². The fourth-order valence-corrected chi connectivity index (χ4v) is 4.23. The maximum Gasteiger partial charge on any atom is 0.310 e. The number of esters is 1. The zero-order chi connectivity index (χ0) is 16.3. The topological polar surface area (TPSA) is 63.7 Å². The highest BCUT2D eigenvalue weighted by atomic mass is 32.2. The predicted molar refractivity (Wildman–Crippen MR) is 79.3 cm³/mol. The molecule has 1 aliphatic rings. The van der Waals surface area contributed by atoms with Crippen molar-refractivity contribution in [2.24, 2.45) is 5.92 Å². The zero-order valence-corrected chi connectivity index (χ0v) is 13.5. The Kier molecular flexibility index (Phi) is 5.18. The van der Waals surface area contributed by atoms with Crippen molar-refractivity contribution >= 4 is 16.0 Å². The summed E-state index contributed by atoms with van der Waals surface area (Å²) in [6, 6.07) is 3.99. The summed E-state index contributed by atoms with van der Waals surface area (Å²) in [6.07, 6.45) is 1.14. The quantitative estimate of drug-likeness (QED) is 0.794. The van der Waals surface area contributed by atoms with Gasteiger partial charge in [-0.15, -0.1) is 0 Å². The maximum atomic E-state index is 13.9. The fourth-order valence-electron chi connectivity index (χ4n) is 2.56. The molecule has 0 aromatic heterocycles. The average molecular weight is 329 g/mol. The Morgan fingerprint density at radius 2 is 2.18 bits per heavy atom. The van der Waals surface area contributed by atoms with Crippen LogP contribution in [-0.4, -0.2) is 38.4 Å². The SMILES string of the molecule is CCOC(=O)C1CCCN(S(=O)(=O)c2cc(C)ccc2F)C1. The van der Waals surface area contributed by atoms with Crippen molar-refractivity contribution in [2.45, 2.75) is 31.6 Å². The van der Waals surface area contributed by atoms with E-state index in [0.29, 0.717) is 18.4 Å². The molecule has 7 heteroatoms. The maximum absolute atomic E-state index is 13.9. The number of sulfonamides is 1. The molecule has 1 atom stereocenters. The summed E-state index contributed by atoms with van der Waals surface area (Å²) in [4.78, 5) is 11.5. The highest BCUT2D eigenvalue weighted by Crippen LogP contribution is 2.26. The molecule has 0 radical (unpaired) electrons. The standard InChI is InChI=1S/C15H20FNO4S/c1-3-21-15(18)12-5-4-8-17(10-12)22(19,20)14-9-11(2)6-7-13(14)16/h6-7,9,12H,3-5,8,10H2,1-2H3. The highest BCUT2D eigenvalue weighted by Gasteiger charge is 2.35. The smallest absolute Gasteiger partial charge is 0.310 e. The van der Waals surface area contributed by atoms with Gasteiger partial charge in [0, 0.05) is 13.1 Å². The number of carbonyl (C=O) groups excluding carboxylic acids is 1. The number of benzene rings is 1. The van der Waals surface area contributed by atoms with Crippen LogP contribution in [0.3, 0.4) is 0 Å². The summed E-state index contributed by atoms with van der Waals surface area (Å²) >= 11 is 0. The number of halogens is 1. The minimum Gasteiger partial charge on any atom is -0.466 e. The molecule has 0 saturated carbocycles. The van der Waals surface area contributed by atoms with Gasteiger partial charge in [-0.3, -0.25) is 4.79 Å². The Hall–Kier alpha value is -1.47. The molecule has 5 nitrogen and oxygen atoms in total. The lowest BCUT2D eigenvalue weighted by Crippen LogP contribution is -2.43. The predicted octanol–water partition coefficient (Wildman–Crippen LogP) is 2.10. The summed E-state index contributed by atoms with van der Waals surface area (Å²) in [7, 11) is -3.95. The van der Waals surface area contributed by atoms with Crippen LogP contribution in [0.15, 0.2) is 23.1 Å². The minimum absolute atomic E-state index is 0.0363. The van der Waals surface area contributed by atoms with E-state index in [1.54, 1.807) is 13.8 Å². The van der Waals surface area contributed by atoms with Crippen LogP contribution >= 0.6 is 0 Å². The number of hydrogen-bond acceptors (Lipinski definition) is 4. The second kappa shape index (κ2) is 6.75. The number of carbonyl (C=O) groups is 1. The van der Waals surface area contributed by atoms with Crippen molar-refractivity contribution in [2.75, 3.05) is 19.7 Å². The van der Waals surface area contributed by atoms with Crippen LogP contribution in [0, 0.1) is 18.7 Å². The van der Waals surface area contributed by atoms with E-state index in [4.69, 9.17) is 4.74 Å². The van der Waals surface area contributed by atoms with E-state index in [1.165, 1.54) is 16.4 Å². The third-order valence-corrected chi connectivity index (χ3v) is 5.59. The van der Waals surface area contributed by atoms with Crippen LogP contribution < -0.4 is 0 Å². The van der Waals surface area contributed by atoms with Crippen molar-refractivity contribution in [3.05, 3.63) is 29.6 Å². The number of hydrogen-bond donors (Lipinski definition) is 0. The minimum atomic E-state index is -3.95. The molecular formula is C15H20FNO4S. The van der Waals surface area contributed by atoms with Gasteiger partial charge in [-0.1, -0.05) is 6.07 Å². The molecule has 1 saturated heterocycles. The first kappa shape index (κ1) is 16.9. The second-order valence-corrected chi connectivity index (χ2v) is 7.29. The van der Waals surface area contributed by atoms with Gasteiger partial charge in [-0.05, 0) is 44.4 Å². The normalized spacial score (nSPS) is 19.9. The second-order valence-electron chi connectivity index (χ2n) is 5.39. The molecule has 2 rings (SSSR count). The molecule has 0 aliphatic carbocycles. The van der Waals surface area contributed by atoms with Crippen molar-refractivity contribution in [1.82, 2.24) is 4.31 Å². The fraction of sp³-hybridized carbons (Fsp3) is 0.533. The van der Waals surface area contributed by atoms with E-state index in [-0.39, 0.29) is 24.6 Å². The van der Waals surface area contributed by atoms with E-state index in [9.17, 15) is 17.6 Å². The summed E-state index contributed by atoms with van der Waals surface area (Å²) in [5, 5.41) is 0. The first-order valence-electron chi connectivity index (χ1n) is 7.29. The molecule has 1 unspecified atom stereocenters. The van der Waals surface area contributed by atoms with E-state index < -0.39 is 27.7 Å². The summed E-state index contributed by atoms with van der Waals surface area (Å²) in [5.41, 5.74) is 0.666. The molecule has 0 amide bonds. The van der Waals surface area contributed by atoms with Gasteiger partial charge in [0.2, 0.25) is 10.0 Å². The molecular weight excluding hydrogens is 309 g/mol. The van der Waals surface area contributed by atoms with Gasteiger partial charge in [0.15, 0.2) is 0 Å². The largest absolute Gasteiger partial charge is 0.466 e. The van der Waals surface area contributed by atoms with Crippen molar-refractivity contribution in [3.63, 3.8) is 0 Å². The van der Waals surface area contributed by atoms with Crippen molar-refractivity contribution in [1.29, 1.82) is 0 Å². The molecule has 0 spiro atoms. The van der Waals surface area contributed by atoms with Gasteiger partial charge in [0.05, 0.1) is 12.5 Å². The Morgan fingerprint density at radius 3 is 2.86 bits per heavy atom. The van der Waals surface area contributed by atoms with Gasteiger partial charge >= 0.3 is 5.97 Å². The monoisotopic (exact) mass is 329 g/mol. The van der Waals surface area contributed by atoms with Gasteiger partial charge in [-0.25, -0.2) is 12.8 Å². The Labute approximate surface area is 130 Å². The molecule has 1 heterocycles. The molecule has 1 fully saturated rings. The van der Waals surface area contributed by atoms with Crippen LogP contribution in [-0.2, 0) is 19.6 Å². The van der Waals surface area contributed by atoms with Crippen LogP contribution in [0.25, 0.3) is 0 Å². The molecule has 22 heavy (non-hydrogen) atoms. The first-order valence-corrected chi connectivity index (χ1v) is 8.73. The van der Waals surface area contributed by atoms with E-state index in [1.807, 2.05) is 0 Å². The van der Waals surface area contributed by atoms with Gasteiger partial charge in [0.1, 0.15) is 10.7 Å². The molecule has 1 aliphatic heterocycles. The van der Waals surface area contributed by atoms with E-state index in [2.05, 4.69) is 0 Å². The summed E-state index contributed by atoms with van der Waals surface area (Å²) in [6.45, 7) is 3.99. The first-order chi connectivity index (χ1) is 10.4. The number of aryl methyl sites for hydroxylation is 1. The van der Waals surface area contributed by atoms with Crippen molar-refractivity contribution < 1.29 is 22.3 Å². The Bertz CT molecular complexity index is 660. The van der Waals surface area contributed by atoms with E-state index in [0.717, 1.165) is 6.07 Å². The average Bonchev–Trinajstić information content (AvgIpc) is 2.50. The molecule has 1 aromatic carbocycles. The number of ether oxygens (including phenoxy) is 1. The lowest BCUT2D eigenvalue weighted by Gasteiger charge is -2.30. The summed E-state index contributed by atoms with van der Waals surface area (Å²) in [5.74, 6) is -1.66. The Morgan fingerprint density at radius 1 is 1.45 bits per heavy atom. The van der Waals surface area contributed by atoms with Gasteiger partial charge in [-0.2, -0.15) is 4.31 Å². The number of rotatable bonds is 4. The molecule has 0 bridgehead atoms. The van der Waals surface area contributed by atoms with Crippen LogP contribution in [0.4, 0.5) is 4.39 Å². The molecule has 1 aromatic rings. The number of nitrogens with zero attached hydrogens (tertiary/aromatic N) is 1. The molecule has 0 N–H and O–H groups in total. The Balaban J connectivity index is 2.25. The zero-order valence-electron chi connectivity index (χ0n) is 12.7. The van der Waals surface area contributed by atoms with E-state index >= 15 is 0 Å². The van der Waals surface area contributed by atoms with Gasteiger partial charge < -0.3 is 4.74 Å². The third kappa shape index (κ3) is 3.47. The lowest BCUT2D eigenvalue weighted by atomic mass is 10.0. The highest BCUT2D eigenvalue weighted by molar-refractivity contribution is 7.89. The van der Waals surface area contributed by atoms with Gasteiger partial charge in [0.25, 0.3) is 0 Å². The third-order valence-electron chi connectivity index (χ3n) is 3.71. The number of piperidine rings is 1. The van der Waals surface area contributed by atoms with Crippen LogP contribution in [0.2, 0.25) is 0 Å².